The van der Waals surface area contributed by atoms with Gasteiger partial charge in [-0.25, -0.2) is 9.18 Å². The number of alkyl carbamates (subject to hydrolysis) is 1. The summed E-state index contributed by atoms with van der Waals surface area (Å²) in [7, 11) is 0. The summed E-state index contributed by atoms with van der Waals surface area (Å²) in [6.45, 7) is 5.38. The van der Waals surface area contributed by atoms with Crippen LogP contribution in [0.1, 0.15) is 32.2 Å². The molecular weight excluding hydrogens is 575 g/mol. The smallest absolute Gasteiger partial charge is 0.408 e. The van der Waals surface area contributed by atoms with E-state index in [1.165, 1.54) is 28.8 Å². The lowest BCUT2D eigenvalue weighted by molar-refractivity contribution is -0.120. The first-order valence-electron chi connectivity index (χ1n) is 10.9. The largest absolute Gasteiger partial charge is 0.444 e. The lowest BCUT2D eigenvalue weighted by Gasteiger charge is -2.27. The number of ether oxygens (including phenoxy) is 1. The number of fused-ring (bicyclic) bond motifs is 1. The molecule has 3 aromatic rings. The summed E-state index contributed by atoms with van der Waals surface area (Å²) >= 11 is 10.5. The Morgan fingerprint density at radius 3 is 2.67 bits per heavy atom. The van der Waals surface area contributed by atoms with Gasteiger partial charge in [0.25, 0.3) is 11.8 Å². The number of halogens is 3. The van der Waals surface area contributed by atoms with Crippen molar-refractivity contribution in [3.8, 4) is 11.5 Å². The molecule has 36 heavy (non-hydrogen) atoms. The van der Waals surface area contributed by atoms with E-state index >= 15 is 4.39 Å². The predicted octanol–water partition coefficient (Wildman–Crippen LogP) is 5.96. The van der Waals surface area contributed by atoms with Crippen molar-refractivity contribution < 1.29 is 23.1 Å². The molecule has 2 heterocycles. The van der Waals surface area contributed by atoms with Crippen molar-refractivity contribution >= 4 is 57.0 Å². The Kier molecular flexibility index (Phi) is 7.91. The molecule has 4 rings (SSSR count). The molecule has 0 spiro atoms. The van der Waals surface area contributed by atoms with Gasteiger partial charge in [-0.1, -0.05) is 39.7 Å². The molecule has 0 radical (unpaired) electrons. The highest BCUT2D eigenvalue weighted by atomic mass is 79.9. The Hall–Kier alpha value is -2.63. The lowest BCUT2D eigenvalue weighted by Crippen LogP contribution is -2.50. The topological polar surface area (TPSA) is 97.6 Å². The summed E-state index contributed by atoms with van der Waals surface area (Å²) < 4.78 is 26.0. The minimum absolute atomic E-state index is 0.00122. The summed E-state index contributed by atoms with van der Waals surface area (Å²) in [6.07, 6.45) is -0.709. The second-order valence-electron chi connectivity index (χ2n) is 9.00. The third-order valence-electron chi connectivity index (χ3n) is 5.07. The number of carbonyl (C=O) groups excluding carboxylic acids is 2. The molecule has 0 fully saturated rings. The van der Waals surface area contributed by atoms with Crippen molar-refractivity contribution in [3.05, 3.63) is 58.7 Å². The van der Waals surface area contributed by atoms with E-state index in [0.717, 1.165) is 5.56 Å². The monoisotopic (exact) mass is 596 g/mol. The Labute approximate surface area is 225 Å². The maximum Gasteiger partial charge on any atom is 0.408 e. The minimum Gasteiger partial charge on any atom is -0.444 e. The number of alkyl halides is 1. The van der Waals surface area contributed by atoms with E-state index in [9.17, 15) is 9.59 Å². The normalized spacial score (nSPS) is 15.9. The Bertz CT molecular complexity index is 1280. The first kappa shape index (κ1) is 26.4. The van der Waals surface area contributed by atoms with Gasteiger partial charge in [-0.05, 0) is 50.6 Å². The SMILES string of the molecule is CC(C)(C)OC(=O)N[C@H]1CSc2cc(F)c(-c3nnc(CBr)o3)cc2N(Cc2ccc(Cl)cc2)C1=O. The lowest BCUT2D eigenvalue weighted by atomic mass is 10.1. The van der Waals surface area contributed by atoms with Gasteiger partial charge in [-0.15, -0.1) is 22.0 Å². The molecule has 190 valence electrons. The van der Waals surface area contributed by atoms with Crippen LogP contribution in [0.5, 0.6) is 0 Å². The van der Waals surface area contributed by atoms with E-state index in [2.05, 4.69) is 31.4 Å². The molecule has 0 saturated heterocycles. The van der Waals surface area contributed by atoms with Crippen LogP contribution in [-0.4, -0.2) is 39.6 Å². The fourth-order valence-corrected chi connectivity index (χ4v) is 4.92. The average Bonchev–Trinajstić information content (AvgIpc) is 3.25. The van der Waals surface area contributed by atoms with Crippen LogP contribution in [0, 0.1) is 5.82 Å². The van der Waals surface area contributed by atoms with E-state index < -0.39 is 23.6 Å². The Morgan fingerprint density at radius 1 is 1.31 bits per heavy atom. The number of hydrogen-bond acceptors (Lipinski definition) is 7. The zero-order chi connectivity index (χ0) is 26.0. The van der Waals surface area contributed by atoms with E-state index in [-0.39, 0.29) is 29.7 Å². The van der Waals surface area contributed by atoms with Crippen LogP contribution in [-0.2, 0) is 21.4 Å². The van der Waals surface area contributed by atoms with Crippen LogP contribution in [0.25, 0.3) is 11.5 Å². The molecular formula is C24H23BrClFN4O4S. The standard InChI is InChI=1S/C24H23BrClFN4O4S/c1-24(2,3)35-23(33)28-17-12-36-19-9-16(27)15(21-30-29-20(10-25)34-21)8-18(19)31(22(17)32)11-13-4-6-14(26)7-5-13/h4-9,17H,10-12H2,1-3H3,(H,28,33)/t17-/m0/s1. The van der Waals surface area contributed by atoms with Crippen molar-refractivity contribution in [2.75, 3.05) is 10.7 Å². The number of amides is 2. The molecule has 1 atom stereocenters. The van der Waals surface area contributed by atoms with E-state index in [4.69, 9.17) is 20.8 Å². The molecule has 0 bridgehead atoms. The highest BCUT2D eigenvalue weighted by Gasteiger charge is 2.34. The number of hydrogen-bond donors (Lipinski definition) is 1. The summed E-state index contributed by atoms with van der Waals surface area (Å²) in [5.74, 6) is -0.449. The quantitative estimate of drug-likeness (QED) is 0.363. The van der Waals surface area contributed by atoms with Gasteiger partial charge in [0, 0.05) is 15.7 Å². The number of nitrogens with zero attached hydrogens (tertiary/aromatic N) is 3. The fourth-order valence-electron chi connectivity index (χ4n) is 3.49. The number of anilines is 1. The first-order chi connectivity index (χ1) is 17.0. The third kappa shape index (κ3) is 6.19. The number of aromatic nitrogens is 2. The number of carbonyl (C=O) groups is 2. The summed E-state index contributed by atoms with van der Waals surface area (Å²) in [4.78, 5) is 28.2. The highest BCUT2D eigenvalue weighted by molar-refractivity contribution is 9.08. The first-order valence-corrected chi connectivity index (χ1v) is 13.4. The number of thioether (sulfide) groups is 1. The molecule has 0 unspecified atom stereocenters. The maximum absolute atomic E-state index is 15.1. The van der Waals surface area contributed by atoms with Crippen LogP contribution >= 0.6 is 39.3 Å². The van der Waals surface area contributed by atoms with Gasteiger partial charge in [-0.2, -0.15) is 0 Å². The van der Waals surface area contributed by atoms with E-state index in [1.807, 2.05) is 0 Å². The van der Waals surface area contributed by atoms with Crippen LogP contribution in [0.3, 0.4) is 0 Å². The van der Waals surface area contributed by atoms with Crippen molar-refractivity contribution in [2.45, 2.75) is 49.2 Å². The molecule has 1 aliphatic heterocycles. The van der Waals surface area contributed by atoms with Gasteiger partial charge in [0.1, 0.15) is 17.5 Å². The molecule has 1 N–H and O–H groups in total. The number of nitrogens with one attached hydrogen (secondary N) is 1. The summed E-state index contributed by atoms with van der Waals surface area (Å²) in [5, 5.41) is 11.4. The Morgan fingerprint density at radius 2 is 2.03 bits per heavy atom. The van der Waals surface area contributed by atoms with Gasteiger partial charge in [-0.3, -0.25) is 4.79 Å². The zero-order valence-electron chi connectivity index (χ0n) is 19.7. The molecule has 1 aromatic heterocycles. The molecule has 2 aromatic carbocycles. The van der Waals surface area contributed by atoms with Gasteiger partial charge in [0.15, 0.2) is 0 Å². The van der Waals surface area contributed by atoms with Crippen molar-refractivity contribution in [1.29, 1.82) is 0 Å². The van der Waals surface area contributed by atoms with Gasteiger partial charge in [0.05, 0.1) is 23.1 Å². The zero-order valence-corrected chi connectivity index (χ0v) is 22.8. The average molecular weight is 598 g/mol. The van der Waals surface area contributed by atoms with E-state index in [1.54, 1.807) is 45.0 Å². The second-order valence-corrected chi connectivity index (χ2v) is 11.1. The summed E-state index contributed by atoms with van der Waals surface area (Å²) in [5.41, 5.74) is 0.601. The number of benzene rings is 2. The predicted molar refractivity (Wildman–Crippen MR) is 139 cm³/mol. The Balaban J connectivity index is 1.73. The van der Waals surface area contributed by atoms with Crippen LogP contribution in [0.2, 0.25) is 5.02 Å². The van der Waals surface area contributed by atoms with Crippen LogP contribution in [0.15, 0.2) is 45.7 Å². The van der Waals surface area contributed by atoms with Gasteiger partial charge < -0.3 is 19.4 Å². The van der Waals surface area contributed by atoms with Crippen LogP contribution < -0.4 is 10.2 Å². The third-order valence-corrected chi connectivity index (χ3v) is 6.94. The molecule has 1 aliphatic rings. The molecule has 12 heteroatoms. The highest BCUT2D eigenvalue weighted by Crippen LogP contribution is 2.39. The molecule has 2 amide bonds. The molecule has 0 aliphatic carbocycles. The van der Waals surface area contributed by atoms with Crippen LogP contribution in [0.4, 0.5) is 14.9 Å². The fraction of sp³-hybridized carbons (Fsp3) is 0.333. The van der Waals surface area contributed by atoms with Crippen molar-refractivity contribution in [2.24, 2.45) is 0 Å². The van der Waals surface area contributed by atoms with Crippen molar-refractivity contribution in [3.63, 3.8) is 0 Å². The van der Waals surface area contributed by atoms with Gasteiger partial charge >= 0.3 is 6.09 Å². The van der Waals surface area contributed by atoms with Crippen molar-refractivity contribution in [1.82, 2.24) is 15.5 Å². The summed E-state index contributed by atoms with van der Waals surface area (Å²) in [6, 6.07) is 9.00. The molecule has 0 saturated carbocycles. The van der Waals surface area contributed by atoms with E-state index in [0.29, 0.717) is 26.8 Å². The second kappa shape index (κ2) is 10.8. The minimum atomic E-state index is -0.903. The van der Waals surface area contributed by atoms with Gasteiger partial charge in [0.2, 0.25) is 5.89 Å². The molecule has 8 nitrogen and oxygen atoms in total. The number of rotatable bonds is 5. The maximum atomic E-state index is 15.1.